The number of nitrogens with zero attached hydrogens (tertiary/aromatic N) is 2. The van der Waals surface area contributed by atoms with Gasteiger partial charge in [0.05, 0.1) is 30.1 Å². The molecule has 0 aliphatic heterocycles. The minimum Gasteiger partial charge on any atom is -0.383 e. The van der Waals surface area contributed by atoms with Gasteiger partial charge in [0, 0.05) is 12.6 Å². The van der Waals surface area contributed by atoms with Crippen molar-refractivity contribution in [2.75, 3.05) is 20.3 Å². The van der Waals surface area contributed by atoms with Gasteiger partial charge in [0.2, 0.25) is 0 Å². The van der Waals surface area contributed by atoms with Crippen LogP contribution in [0.15, 0.2) is 12.3 Å². The molecule has 5 heteroatoms. The van der Waals surface area contributed by atoms with Gasteiger partial charge in [-0.2, -0.15) is 5.10 Å². The fourth-order valence-corrected chi connectivity index (χ4v) is 1.82. The number of methoxy groups -OCH3 is 1. The highest BCUT2D eigenvalue weighted by atomic mass is 35.5. The van der Waals surface area contributed by atoms with E-state index in [1.807, 2.05) is 10.8 Å². The van der Waals surface area contributed by atoms with Crippen LogP contribution in [0.1, 0.15) is 32.9 Å². The molecule has 108 valence electrons. The molecule has 0 aliphatic carbocycles. The van der Waals surface area contributed by atoms with E-state index in [1.165, 1.54) is 0 Å². The Hall–Kier alpha value is -0.840. The second kappa shape index (κ2) is 7.68. The Balaban J connectivity index is 2.49. The molecular formula is C14H24ClN3O. The fourth-order valence-electron chi connectivity index (χ4n) is 1.62. The van der Waals surface area contributed by atoms with Crippen LogP contribution in [0.25, 0.3) is 6.08 Å². The predicted molar refractivity (Wildman–Crippen MR) is 80.5 cm³/mol. The maximum atomic E-state index is 6.12. The van der Waals surface area contributed by atoms with Crippen LogP contribution in [0, 0.1) is 0 Å². The van der Waals surface area contributed by atoms with Crippen molar-refractivity contribution in [2.24, 2.45) is 0 Å². The lowest BCUT2D eigenvalue weighted by atomic mass is 10.1. The summed E-state index contributed by atoms with van der Waals surface area (Å²) in [5.74, 6) is 0. The van der Waals surface area contributed by atoms with Crippen LogP contribution in [-0.4, -0.2) is 35.6 Å². The van der Waals surface area contributed by atoms with E-state index in [9.17, 15) is 0 Å². The maximum Gasteiger partial charge on any atom is 0.0859 e. The summed E-state index contributed by atoms with van der Waals surface area (Å²) in [6.07, 6.45) is 6.77. The van der Waals surface area contributed by atoms with E-state index in [-0.39, 0.29) is 5.54 Å². The lowest BCUT2D eigenvalue weighted by Crippen LogP contribution is -2.36. The normalized spacial score (nSPS) is 12.5. The summed E-state index contributed by atoms with van der Waals surface area (Å²) in [5.41, 5.74) is 1.10. The molecule has 19 heavy (non-hydrogen) atoms. The molecule has 4 nitrogen and oxygen atoms in total. The van der Waals surface area contributed by atoms with Crippen molar-refractivity contribution in [3.05, 3.63) is 23.0 Å². The van der Waals surface area contributed by atoms with Gasteiger partial charge in [-0.15, -0.1) is 0 Å². The Kier molecular flexibility index (Phi) is 6.55. The Morgan fingerprint density at radius 3 is 2.84 bits per heavy atom. The first kappa shape index (κ1) is 16.2. The van der Waals surface area contributed by atoms with E-state index in [4.69, 9.17) is 16.3 Å². The Morgan fingerprint density at radius 1 is 1.47 bits per heavy atom. The molecule has 1 heterocycles. The molecule has 0 radical (unpaired) electrons. The molecule has 0 amide bonds. The van der Waals surface area contributed by atoms with Crippen molar-refractivity contribution in [3.8, 4) is 0 Å². The van der Waals surface area contributed by atoms with Crippen molar-refractivity contribution in [1.82, 2.24) is 15.1 Å². The molecule has 0 fully saturated rings. The monoisotopic (exact) mass is 285 g/mol. The van der Waals surface area contributed by atoms with Gasteiger partial charge >= 0.3 is 0 Å². The van der Waals surface area contributed by atoms with Gasteiger partial charge in [0.1, 0.15) is 0 Å². The number of rotatable bonds is 7. The highest BCUT2D eigenvalue weighted by Crippen LogP contribution is 2.16. The quantitative estimate of drug-likeness (QED) is 0.783. The molecule has 0 aromatic carbocycles. The SMILES string of the molecule is COCCn1ncc(Cl)c1/C=C/CCNC(C)(C)C. The Bertz CT molecular complexity index is 407. The van der Waals surface area contributed by atoms with Gasteiger partial charge in [-0.1, -0.05) is 17.7 Å². The van der Waals surface area contributed by atoms with Crippen molar-refractivity contribution in [3.63, 3.8) is 0 Å². The van der Waals surface area contributed by atoms with E-state index < -0.39 is 0 Å². The van der Waals surface area contributed by atoms with Crippen LogP contribution in [0.3, 0.4) is 0 Å². The van der Waals surface area contributed by atoms with Crippen LogP contribution >= 0.6 is 11.6 Å². The third-order valence-corrected chi connectivity index (χ3v) is 2.87. The summed E-state index contributed by atoms with van der Waals surface area (Å²) in [6.45, 7) is 8.77. The summed E-state index contributed by atoms with van der Waals surface area (Å²) >= 11 is 6.12. The molecule has 1 aromatic heterocycles. The minimum atomic E-state index is 0.158. The van der Waals surface area contributed by atoms with E-state index in [2.05, 4.69) is 37.3 Å². The van der Waals surface area contributed by atoms with E-state index in [1.54, 1.807) is 13.3 Å². The summed E-state index contributed by atoms with van der Waals surface area (Å²) < 4.78 is 6.91. The van der Waals surface area contributed by atoms with Gasteiger partial charge in [-0.05, 0) is 39.8 Å². The number of aromatic nitrogens is 2. The predicted octanol–water partition coefficient (Wildman–Crippen LogP) is 2.97. The van der Waals surface area contributed by atoms with E-state index in [0.29, 0.717) is 18.2 Å². The topological polar surface area (TPSA) is 39.1 Å². The van der Waals surface area contributed by atoms with Crippen molar-refractivity contribution >= 4 is 17.7 Å². The van der Waals surface area contributed by atoms with E-state index in [0.717, 1.165) is 18.7 Å². The molecule has 1 aromatic rings. The number of hydrogen-bond donors (Lipinski definition) is 1. The van der Waals surface area contributed by atoms with Crippen molar-refractivity contribution < 1.29 is 4.74 Å². The summed E-state index contributed by atoms with van der Waals surface area (Å²) in [5, 5.41) is 8.35. The number of ether oxygens (including phenoxy) is 1. The van der Waals surface area contributed by atoms with Crippen LogP contribution in [0.2, 0.25) is 5.02 Å². The average Bonchev–Trinajstić information content (AvgIpc) is 2.66. The zero-order valence-electron chi connectivity index (χ0n) is 12.2. The first-order chi connectivity index (χ1) is 8.94. The molecule has 0 saturated carbocycles. The molecule has 1 N–H and O–H groups in total. The zero-order valence-corrected chi connectivity index (χ0v) is 13.0. The molecule has 0 atom stereocenters. The van der Waals surface area contributed by atoms with Crippen LogP contribution < -0.4 is 5.32 Å². The standard InChI is InChI=1S/C14H24ClN3O/c1-14(2,3)16-8-6-5-7-13-12(15)11-17-18(13)9-10-19-4/h5,7,11,16H,6,8-10H2,1-4H3/b7-5+. The molecular weight excluding hydrogens is 262 g/mol. The second-order valence-electron chi connectivity index (χ2n) is 5.46. The van der Waals surface area contributed by atoms with Gasteiger partial charge in [0.25, 0.3) is 0 Å². The highest BCUT2D eigenvalue weighted by Gasteiger charge is 2.07. The molecule has 0 unspecified atom stereocenters. The number of hydrogen-bond acceptors (Lipinski definition) is 3. The van der Waals surface area contributed by atoms with Crippen molar-refractivity contribution in [1.29, 1.82) is 0 Å². The average molecular weight is 286 g/mol. The molecule has 0 saturated heterocycles. The minimum absolute atomic E-state index is 0.158. The Morgan fingerprint density at radius 2 is 2.21 bits per heavy atom. The number of nitrogens with one attached hydrogen (secondary N) is 1. The fraction of sp³-hybridized carbons (Fsp3) is 0.643. The second-order valence-corrected chi connectivity index (χ2v) is 5.87. The lowest BCUT2D eigenvalue weighted by Gasteiger charge is -2.19. The maximum absolute atomic E-state index is 6.12. The third-order valence-electron chi connectivity index (χ3n) is 2.58. The molecule has 0 aliphatic rings. The van der Waals surface area contributed by atoms with E-state index >= 15 is 0 Å². The van der Waals surface area contributed by atoms with Gasteiger partial charge in [0.15, 0.2) is 0 Å². The van der Waals surface area contributed by atoms with Gasteiger partial charge in [-0.3, -0.25) is 4.68 Å². The van der Waals surface area contributed by atoms with Crippen LogP contribution in [0.5, 0.6) is 0 Å². The Labute approximate surface area is 120 Å². The van der Waals surface area contributed by atoms with Crippen LogP contribution in [0.4, 0.5) is 0 Å². The highest BCUT2D eigenvalue weighted by molar-refractivity contribution is 6.31. The first-order valence-electron chi connectivity index (χ1n) is 6.56. The van der Waals surface area contributed by atoms with Gasteiger partial charge in [-0.25, -0.2) is 0 Å². The molecule has 1 rings (SSSR count). The largest absolute Gasteiger partial charge is 0.383 e. The smallest absolute Gasteiger partial charge is 0.0859 e. The number of halogens is 1. The van der Waals surface area contributed by atoms with Crippen LogP contribution in [-0.2, 0) is 11.3 Å². The summed E-state index contributed by atoms with van der Waals surface area (Å²) in [4.78, 5) is 0. The van der Waals surface area contributed by atoms with Crippen molar-refractivity contribution in [2.45, 2.75) is 39.3 Å². The summed E-state index contributed by atoms with van der Waals surface area (Å²) in [7, 11) is 1.68. The first-order valence-corrected chi connectivity index (χ1v) is 6.93. The van der Waals surface area contributed by atoms with Gasteiger partial charge < -0.3 is 10.1 Å². The zero-order chi connectivity index (χ0) is 14.3. The lowest BCUT2D eigenvalue weighted by molar-refractivity contribution is 0.183. The molecule has 0 spiro atoms. The molecule has 0 bridgehead atoms. The summed E-state index contributed by atoms with van der Waals surface area (Å²) in [6, 6.07) is 0. The third kappa shape index (κ3) is 6.23.